The summed E-state index contributed by atoms with van der Waals surface area (Å²) in [7, 11) is 2.96. The van der Waals surface area contributed by atoms with E-state index in [4.69, 9.17) is 4.74 Å². The van der Waals surface area contributed by atoms with E-state index in [-0.39, 0.29) is 29.9 Å². The Kier molecular flexibility index (Phi) is 11.3. The molecule has 1 aromatic rings. The Morgan fingerprint density at radius 2 is 1.90 bits per heavy atom. The van der Waals surface area contributed by atoms with Crippen LogP contribution in [0.1, 0.15) is 72.6 Å². The molecule has 0 aliphatic heterocycles. The molecule has 2 amide bonds. The van der Waals surface area contributed by atoms with E-state index in [9.17, 15) is 19.2 Å². The lowest BCUT2D eigenvalue weighted by atomic mass is 10.0. The topological polar surface area (TPSA) is 92.8 Å². The van der Waals surface area contributed by atoms with Gasteiger partial charge in [-0.15, -0.1) is 0 Å². The maximum absolute atomic E-state index is 13.0. The standard InChI is InChI=1S/C22H32N2O5/c1-4-5-6-7-8-15-29-20-13-9-11-17(18(20)16-26)22(28)24(3)19(12-10-14-25)21(27)23-2/h9,11,13-14,16,19H,4-8,10,12,15H2,1-3H3,(H,23,27). The average molecular weight is 405 g/mol. The predicted molar refractivity (Wildman–Crippen MR) is 111 cm³/mol. The Bertz CT molecular complexity index is 690. The molecule has 0 aliphatic carbocycles. The van der Waals surface area contributed by atoms with E-state index in [1.807, 2.05) is 0 Å². The smallest absolute Gasteiger partial charge is 0.255 e. The Morgan fingerprint density at radius 3 is 2.52 bits per heavy atom. The number of unbranched alkanes of at least 4 members (excludes halogenated alkanes) is 4. The van der Waals surface area contributed by atoms with E-state index in [2.05, 4.69) is 12.2 Å². The molecule has 1 unspecified atom stereocenters. The van der Waals surface area contributed by atoms with E-state index in [0.717, 1.165) is 25.7 Å². The van der Waals surface area contributed by atoms with E-state index in [1.165, 1.54) is 31.5 Å². The number of benzene rings is 1. The summed E-state index contributed by atoms with van der Waals surface area (Å²) in [5, 5.41) is 2.51. The lowest BCUT2D eigenvalue weighted by molar-refractivity contribution is -0.125. The average Bonchev–Trinajstić information content (AvgIpc) is 2.75. The molecule has 0 spiro atoms. The predicted octanol–water partition coefficient (Wildman–Crippen LogP) is 3.01. The fourth-order valence-corrected chi connectivity index (χ4v) is 3.09. The number of nitrogens with zero attached hydrogens (tertiary/aromatic N) is 1. The molecule has 0 saturated carbocycles. The van der Waals surface area contributed by atoms with E-state index < -0.39 is 11.9 Å². The van der Waals surface area contributed by atoms with Gasteiger partial charge in [-0.25, -0.2) is 0 Å². The molecule has 29 heavy (non-hydrogen) atoms. The summed E-state index contributed by atoms with van der Waals surface area (Å²) in [6, 6.07) is 4.05. The van der Waals surface area contributed by atoms with Crippen LogP contribution in [0.5, 0.6) is 5.75 Å². The van der Waals surface area contributed by atoms with Crippen molar-refractivity contribution in [2.75, 3.05) is 20.7 Å². The van der Waals surface area contributed by atoms with Crippen molar-refractivity contribution < 1.29 is 23.9 Å². The summed E-state index contributed by atoms with van der Waals surface area (Å²) < 4.78 is 5.75. The van der Waals surface area contributed by atoms with Crippen LogP contribution in [0, 0.1) is 0 Å². The second-order valence-electron chi connectivity index (χ2n) is 6.89. The second kappa shape index (κ2) is 13.5. The number of hydrogen-bond acceptors (Lipinski definition) is 5. The molecule has 1 aromatic carbocycles. The Labute approximate surface area is 172 Å². The summed E-state index contributed by atoms with van der Waals surface area (Å²) in [6.45, 7) is 2.62. The molecule has 0 bridgehead atoms. The monoisotopic (exact) mass is 404 g/mol. The number of aldehydes is 2. The number of hydrogen-bond donors (Lipinski definition) is 1. The van der Waals surface area contributed by atoms with Crippen LogP contribution in [0.3, 0.4) is 0 Å². The normalized spacial score (nSPS) is 11.4. The lowest BCUT2D eigenvalue weighted by Crippen LogP contribution is -2.47. The third-order valence-corrected chi connectivity index (χ3v) is 4.81. The number of ether oxygens (including phenoxy) is 1. The minimum atomic E-state index is -0.805. The molecular formula is C22H32N2O5. The molecule has 1 N–H and O–H groups in total. The van der Waals surface area contributed by atoms with E-state index in [0.29, 0.717) is 24.9 Å². The van der Waals surface area contributed by atoms with Crippen molar-refractivity contribution in [3.63, 3.8) is 0 Å². The minimum absolute atomic E-state index is 0.150. The summed E-state index contributed by atoms with van der Waals surface area (Å²) in [5.41, 5.74) is 0.343. The lowest BCUT2D eigenvalue weighted by Gasteiger charge is -2.27. The highest BCUT2D eigenvalue weighted by molar-refractivity contribution is 6.04. The van der Waals surface area contributed by atoms with E-state index in [1.54, 1.807) is 12.1 Å². The van der Waals surface area contributed by atoms with Gasteiger partial charge in [-0.1, -0.05) is 38.7 Å². The van der Waals surface area contributed by atoms with Gasteiger partial charge in [0.1, 0.15) is 18.1 Å². The quantitative estimate of drug-likeness (QED) is 0.380. The Balaban J connectivity index is 2.95. The molecule has 0 aromatic heterocycles. The molecule has 0 fully saturated rings. The van der Waals surface area contributed by atoms with Gasteiger partial charge in [-0.05, 0) is 25.0 Å². The number of nitrogens with one attached hydrogen (secondary N) is 1. The largest absolute Gasteiger partial charge is 0.493 e. The Hall–Kier alpha value is -2.70. The number of carbonyl (C=O) groups is 4. The van der Waals surface area contributed by atoms with Crippen molar-refractivity contribution >= 4 is 24.4 Å². The first kappa shape index (κ1) is 24.3. The molecule has 7 heteroatoms. The third kappa shape index (κ3) is 7.33. The molecule has 1 rings (SSSR count). The zero-order chi connectivity index (χ0) is 21.6. The maximum Gasteiger partial charge on any atom is 0.255 e. The highest BCUT2D eigenvalue weighted by atomic mass is 16.5. The van der Waals surface area contributed by atoms with Crippen LogP contribution >= 0.6 is 0 Å². The van der Waals surface area contributed by atoms with E-state index >= 15 is 0 Å². The maximum atomic E-state index is 13.0. The van der Waals surface area contributed by atoms with Crippen molar-refractivity contribution in [3.8, 4) is 5.75 Å². The number of amides is 2. The molecule has 1 atom stereocenters. The summed E-state index contributed by atoms with van der Waals surface area (Å²) in [6.07, 6.45) is 7.09. The highest BCUT2D eigenvalue weighted by Gasteiger charge is 2.28. The fourth-order valence-electron chi connectivity index (χ4n) is 3.09. The zero-order valence-electron chi connectivity index (χ0n) is 17.6. The van der Waals surface area contributed by atoms with Crippen LogP contribution < -0.4 is 10.1 Å². The van der Waals surface area contributed by atoms with Gasteiger partial charge in [0.2, 0.25) is 5.91 Å². The van der Waals surface area contributed by atoms with Crippen LogP contribution in [-0.4, -0.2) is 56.0 Å². The molecule has 7 nitrogen and oxygen atoms in total. The van der Waals surface area contributed by atoms with Crippen LogP contribution in [-0.2, 0) is 9.59 Å². The zero-order valence-corrected chi connectivity index (χ0v) is 17.6. The highest BCUT2D eigenvalue weighted by Crippen LogP contribution is 2.23. The second-order valence-corrected chi connectivity index (χ2v) is 6.89. The van der Waals surface area contributed by atoms with Gasteiger partial charge in [0.25, 0.3) is 5.91 Å². The summed E-state index contributed by atoms with van der Waals surface area (Å²) >= 11 is 0. The van der Waals surface area contributed by atoms with Crippen molar-refractivity contribution in [2.24, 2.45) is 0 Å². The molecule has 0 aliphatic rings. The van der Waals surface area contributed by atoms with Crippen LogP contribution in [0.15, 0.2) is 18.2 Å². The number of carbonyl (C=O) groups excluding carboxylic acids is 4. The van der Waals surface area contributed by atoms with Crippen molar-refractivity contribution in [1.29, 1.82) is 0 Å². The molecular weight excluding hydrogens is 372 g/mol. The molecule has 160 valence electrons. The molecule has 0 heterocycles. The first-order valence-electron chi connectivity index (χ1n) is 10.1. The van der Waals surface area contributed by atoms with Crippen LogP contribution in [0.4, 0.5) is 0 Å². The third-order valence-electron chi connectivity index (χ3n) is 4.81. The van der Waals surface area contributed by atoms with Crippen molar-refractivity contribution in [2.45, 2.75) is 57.9 Å². The summed E-state index contributed by atoms with van der Waals surface area (Å²) in [4.78, 5) is 48.8. The van der Waals surface area contributed by atoms with Crippen LogP contribution in [0.25, 0.3) is 0 Å². The number of rotatable bonds is 14. The van der Waals surface area contributed by atoms with Crippen molar-refractivity contribution in [1.82, 2.24) is 10.2 Å². The first-order chi connectivity index (χ1) is 14.0. The molecule has 0 radical (unpaired) electrons. The SMILES string of the molecule is CCCCCCCOc1cccc(C(=O)N(C)C(CCC=O)C(=O)NC)c1C=O. The van der Waals surface area contributed by atoms with Crippen molar-refractivity contribution in [3.05, 3.63) is 29.3 Å². The fraction of sp³-hybridized carbons (Fsp3) is 0.545. The van der Waals surface area contributed by atoms with Gasteiger partial charge in [0, 0.05) is 20.5 Å². The molecule has 0 saturated heterocycles. The summed E-state index contributed by atoms with van der Waals surface area (Å²) in [5.74, 6) is -0.478. The van der Waals surface area contributed by atoms with Gasteiger partial charge in [0.05, 0.1) is 17.7 Å². The van der Waals surface area contributed by atoms with Gasteiger partial charge < -0.3 is 19.7 Å². The first-order valence-corrected chi connectivity index (χ1v) is 10.1. The van der Waals surface area contributed by atoms with Gasteiger partial charge in [-0.2, -0.15) is 0 Å². The minimum Gasteiger partial charge on any atom is -0.493 e. The number of likely N-dealkylation sites (N-methyl/N-ethyl adjacent to an activating group) is 2. The van der Waals surface area contributed by atoms with Gasteiger partial charge >= 0.3 is 0 Å². The van der Waals surface area contributed by atoms with Gasteiger partial charge in [0.15, 0.2) is 6.29 Å². The Morgan fingerprint density at radius 1 is 1.17 bits per heavy atom. The van der Waals surface area contributed by atoms with Crippen LogP contribution in [0.2, 0.25) is 0 Å². The van der Waals surface area contributed by atoms with Gasteiger partial charge in [-0.3, -0.25) is 14.4 Å².